The first kappa shape index (κ1) is 11.9. The van der Waals surface area contributed by atoms with E-state index in [0.717, 1.165) is 0 Å². The largest absolute Gasteiger partial charge is 0.410 e. The van der Waals surface area contributed by atoms with Gasteiger partial charge in [0.05, 0.1) is 0 Å². The van der Waals surface area contributed by atoms with Gasteiger partial charge in [-0.1, -0.05) is 71.0 Å². The molecule has 4 heteroatoms. The highest BCUT2D eigenvalue weighted by Gasteiger charge is 2.15. The maximum absolute atomic E-state index is 9.14. The van der Waals surface area contributed by atoms with Gasteiger partial charge >= 0.3 is 0 Å². The number of nitrogens with zero attached hydrogens (tertiary/aromatic N) is 2. The molecule has 0 aromatic heterocycles. The zero-order valence-corrected chi connectivity index (χ0v) is 9.56. The van der Waals surface area contributed by atoms with E-state index in [1.165, 1.54) is 0 Å². The van der Waals surface area contributed by atoms with E-state index in [1.807, 2.05) is 36.4 Å². The van der Waals surface area contributed by atoms with Crippen molar-refractivity contribution < 1.29 is 10.4 Å². The third kappa shape index (κ3) is 2.38. The van der Waals surface area contributed by atoms with Crippen LogP contribution >= 0.6 is 0 Å². The second kappa shape index (κ2) is 5.63. The summed E-state index contributed by atoms with van der Waals surface area (Å²) in [6, 6.07) is 18.1. The molecule has 0 amide bonds. The minimum Gasteiger partial charge on any atom is -0.410 e. The van der Waals surface area contributed by atoms with Crippen LogP contribution in [0.4, 0.5) is 0 Å². The van der Waals surface area contributed by atoms with E-state index in [1.54, 1.807) is 24.3 Å². The smallest absolute Gasteiger partial charge is 0.139 e. The second-order valence-electron chi connectivity index (χ2n) is 3.63. The molecule has 2 aromatic rings. The Morgan fingerprint density at radius 3 is 1.22 bits per heavy atom. The standard InChI is InChI=1S/C14H12N2O2/c17-15-13(11-7-3-1-4-8-11)14(16-18)12-9-5-2-6-10-12/h1-10,17-18H/b15-13-,16-14-. The van der Waals surface area contributed by atoms with E-state index >= 15 is 0 Å². The average molecular weight is 240 g/mol. The molecule has 0 aliphatic heterocycles. The second-order valence-corrected chi connectivity index (χ2v) is 3.63. The lowest BCUT2D eigenvalue weighted by Gasteiger charge is -2.06. The summed E-state index contributed by atoms with van der Waals surface area (Å²) in [7, 11) is 0. The van der Waals surface area contributed by atoms with Crippen molar-refractivity contribution in [2.24, 2.45) is 10.3 Å². The van der Waals surface area contributed by atoms with Gasteiger partial charge in [-0.25, -0.2) is 0 Å². The molecule has 0 spiro atoms. The Kier molecular flexibility index (Phi) is 3.71. The Bertz CT molecular complexity index is 509. The highest BCUT2D eigenvalue weighted by Crippen LogP contribution is 2.09. The first-order chi connectivity index (χ1) is 8.86. The lowest BCUT2D eigenvalue weighted by molar-refractivity contribution is 0.314. The summed E-state index contributed by atoms with van der Waals surface area (Å²) in [6.07, 6.45) is 0. The lowest BCUT2D eigenvalue weighted by Crippen LogP contribution is -2.17. The average Bonchev–Trinajstić information content (AvgIpc) is 2.46. The summed E-state index contributed by atoms with van der Waals surface area (Å²) in [4.78, 5) is 0. The lowest BCUT2D eigenvalue weighted by atomic mass is 10.0. The monoisotopic (exact) mass is 240 g/mol. The molecule has 0 saturated carbocycles. The van der Waals surface area contributed by atoms with Crippen molar-refractivity contribution in [1.82, 2.24) is 0 Å². The van der Waals surface area contributed by atoms with Crippen LogP contribution in [0.15, 0.2) is 71.0 Å². The fourth-order valence-electron chi connectivity index (χ4n) is 1.68. The molecule has 0 unspecified atom stereocenters. The van der Waals surface area contributed by atoms with Crippen LogP contribution in [0.1, 0.15) is 11.1 Å². The molecule has 0 aliphatic carbocycles. The molecular weight excluding hydrogens is 228 g/mol. The summed E-state index contributed by atoms with van der Waals surface area (Å²) in [5.74, 6) is 0. The van der Waals surface area contributed by atoms with E-state index in [9.17, 15) is 0 Å². The molecule has 0 heterocycles. The van der Waals surface area contributed by atoms with Crippen LogP contribution in [0.25, 0.3) is 0 Å². The number of hydrogen-bond acceptors (Lipinski definition) is 4. The van der Waals surface area contributed by atoms with E-state index < -0.39 is 0 Å². The Hall–Kier alpha value is -2.62. The molecule has 2 N–H and O–H groups in total. The van der Waals surface area contributed by atoms with Gasteiger partial charge in [0.1, 0.15) is 11.4 Å². The van der Waals surface area contributed by atoms with Crippen molar-refractivity contribution in [1.29, 1.82) is 0 Å². The van der Waals surface area contributed by atoms with E-state index in [4.69, 9.17) is 10.4 Å². The molecule has 2 aromatic carbocycles. The van der Waals surface area contributed by atoms with E-state index in [0.29, 0.717) is 11.1 Å². The minimum absolute atomic E-state index is 0.226. The molecule has 0 saturated heterocycles. The summed E-state index contributed by atoms with van der Waals surface area (Å²) >= 11 is 0. The SMILES string of the molecule is O/N=C(\C(=N/O)c1ccccc1)c1ccccc1. The first-order valence-electron chi connectivity index (χ1n) is 5.42. The molecular formula is C14H12N2O2. The van der Waals surface area contributed by atoms with Crippen LogP contribution in [0, 0.1) is 0 Å². The normalized spacial score (nSPS) is 12.4. The Labute approximate surface area is 105 Å². The molecule has 4 nitrogen and oxygen atoms in total. The van der Waals surface area contributed by atoms with Crippen LogP contribution in [0.3, 0.4) is 0 Å². The van der Waals surface area contributed by atoms with Gasteiger partial charge in [-0.2, -0.15) is 0 Å². The van der Waals surface area contributed by atoms with Gasteiger partial charge in [0, 0.05) is 11.1 Å². The maximum Gasteiger partial charge on any atom is 0.139 e. The van der Waals surface area contributed by atoms with Gasteiger partial charge < -0.3 is 10.4 Å². The van der Waals surface area contributed by atoms with Gasteiger partial charge in [0.25, 0.3) is 0 Å². The van der Waals surface area contributed by atoms with Crippen molar-refractivity contribution in [3.63, 3.8) is 0 Å². The molecule has 0 bridgehead atoms. The fraction of sp³-hybridized carbons (Fsp3) is 0. The third-order valence-corrected chi connectivity index (χ3v) is 2.52. The Morgan fingerprint density at radius 2 is 0.944 bits per heavy atom. The van der Waals surface area contributed by atoms with Gasteiger partial charge in [-0.15, -0.1) is 0 Å². The number of rotatable bonds is 3. The van der Waals surface area contributed by atoms with Crippen molar-refractivity contribution in [3.05, 3.63) is 71.8 Å². The maximum atomic E-state index is 9.14. The molecule has 2 rings (SSSR count). The fourth-order valence-corrected chi connectivity index (χ4v) is 1.68. The molecule has 0 fully saturated rings. The van der Waals surface area contributed by atoms with Crippen LogP contribution in [-0.4, -0.2) is 21.8 Å². The van der Waals surface area contributed by atoms with Crippen molar-refractivity contribution >= 4 is 11.4 Å². The third-order valence-electron chi connectivity index (χ3n) is 2.52. The summed E-state index contributed by atoms with van der Waals surface area (Å²) in [5.41, 5.74) is 1.81. The van der Waals surface area contributed by atoms with E-state index in [-0.39, 0.29) is 11.4 Å². The molecule has 18 heavy (non-hydrogen) atoms. The zero-order chi connectivity index (χ0) is 12.8. The van der Waals surface area contributed by atoms with Gasteiger partial charge in [0.15, 0.2) is 0 Å². The topological polar surface area (TPSA) is 65.2 Å². The highest BCUT2D eigenvalue weighted by atomic mass is 16.4. The molecule has 0 atom stereocenters. The number of hydrogen-bond donors (Lipinski definition) is 2. The number of oxime groups is 2. The first-order valence-corrected chi connectivity index (χ1v) is 5.42. The number of benzene rings is 2. The van der Waals surface area contributed by atoms with Gasteiger partial charge in [0.2, 0.25) is 0 Å². The van der Waals surface area contributed by atoms with Crippen LogP contribution in [0.2, 0.25) is 0 Å². The van der Waals surface area contributed by atoms with E-state index in [2.05, 4.69) is 10.3 Å². The summed E-state index contributed by atoms with van der Waals surface area (Å²) < 4.78 is 0. The highest BCUT2D eigenvalue weighted by molar-refractivity contribution is 6.53. The van der Waals surface area contributed by atoms with Crippen LogP contribution in [-0.2, 0) is 0 Å². The zero-order valence-electron chi connectivity index (χ0n) is 9.56. The Balaban J connectivity index is 2.45. The molecule has 0 radical (unpaired) electrons. The van der Waals surface area contributed by atoms with Crippen molar-refractivity contribution in [2.45, 2.75) is 0 Å². The predicted octanol–water partition coefficient (Wildman–Crippen LogP) is 2.74. The Morgan fingerprint density at radius 1 is 0.611 bits per heavy atom. The minimum atomic E-state index is 0.226. The van der Waals surface area contributed by atoms with Crippen LogP contribution in [0.5, 0.6) is 0 Å². The summed E-state index contributed by atoms with van der Waals surface area (Å²) in [5, 5.41) is 24.7. The van der Waals surface area contributed by atoms with Crippen molar-refractivity contribution in [3.8, 4) is 0 Å². The van der Waals surface area contributed by atoms with Gasteiger partial charge in [-0.3, -0.25) is 0 Å². The van der Waals surface area contributed by atoms with Crippen LogP contribution < -0.4 is 0 Å². The summed E-state index contributed by atoms with van der Waals surface area (Å²) in [6.45, 7) is 0. The molecule has 0 aliphatic rings. The van der Waals surface area contributed by atoms with Crippen molar-refractivity contribution in [2.75, 3.05) is 0 Å². The molecule has 90 valence electrons. The predicted molar refractivity (Wildman–Crippen MR) is 69.5 cm³/mol. The van der Waals surface area contributed by atoms with Gasteiger partial charge in [-0.05, 0) is 0 Å². The quantitative estimate of drug-likeness (QED) is 0.492.